The Bertz CT molecular complexity index is 1080. The fourth-order valence-corrected chi connectivity index (χ4v) is 6.75. The summed E-state index contributed by atoms with van der Waals surface area (Å²) in [6, 6.07) is 0. The number of aliphatic hydroxyl groups is 3. The Labute approximate surface area is 424 Å². The molecule has 0 heterocycles. The summed E-state index contributed by atoms with van der Waals surface area (Å²) >= 11 is 0. The summed E-state index contributed by atoms with van der Waals surface area (Å²) < 4.78 is 0. The molecule has 0 bridgehead atoms. The maximum atomic E-state index is 10.3. The van der Waals surface area contributed by atoms with Gasteiger partial charge in [-0.25, -0.2) is 0 Å². The molecule has 0 aromatic rings. The first kappa shape index (κ1) is 72.3. The zero-order valence-corrected chi connectivity index (χ0v) is 45.1. The lowest BCUT2D eigenvalue weighted by Gasteiger charge is -2.24. The average Bonchev–Trinajstić information content (AvgIpc) is 3.34. The van der Waals surface area contributed by atoms with Crippen LogP contribution >= 0.6 is 0 Å². The molecule has 0 saturated carbocycles. The molecule has 0 rings (SSSR count). The Morgan fingerprint density at radius 3 is 0.681 bits per heavy atom. The molecule has 0 unspecified atom stereocenters. The zero-order chi connectivity index (χ0) is 52.0. The summed E-state index contributed by atoms with van der Waals surface area (Å²) in [6.45, 7) is 8.06. The lowest BCUT2D eigenvalue weighted by molar-refractivity contribution is -0.138. The third kappa shape index (κ3) is 71.4. The Kier molecular flexibility index (Phi) is 67.8. The molecule has 404 valence electrons. The highest BCUT2D eigenvalue weighted by molar-refractivity contribution is 5.67. The maximum Gasteiger partial charge on any atom is 0.303 e. The number of aliphatic hydroxyl groups excluding tert-OH is 3. The highest BCUT2D eigenvalue weighted by Gasteiger charge is 2.24. The van der Waals surface area contributed by atoms with E-state index in [1.54, 1.807) is 0 Å². The molecule has 0 aromatic carbocycles. The van der Waals surface area contributed by atoms with Crippen LogP contribution in [-0.2, 0) is 14.4 Å². The number of aliphatic carboxylic acids is 3. The fraction of sp³-hybridized carbons (Fsp3) is 0.750. The quantitative estimate of drug-likeness (QED) is 0.0256. The average molecular weight is 976 g/mol. The highest BCUT2D eigenvalue weighted by Crippen LogP contribution is 2.18. The second kappa shape index (κ2) is 64.7. The molecule has 0 aliphatic carbocycles. The number of unbranched alkanes of at least 4 members (excludes halogenated alkanes) is 24. The van der Waals surface area contributed by atoms with Crippen molar-refractivity contribution in [2.24, 2.45) is 5.41 Å². The molecule has 0 saturated heterocycles. The lowest BCUT2D eigenvalue weighted by atomic mass is 9.88. The number of carboxylic acid groups (broad SMARTS) is 3. The largest absolute Gasteiger partial charge is 0.481 e. The van der Waals surface area contributed by atoms with Crippen LogP contribution < -0.4 is 0 Å². The third-order valence-corrected chi connectivity index (χ3v) is 11.8. The molecule has 9 nitrogen and oxygen atoms in total. The van der Waals surface area contributed by atoms with Crippen molar-refractivity contribution in [1.29, 1.82) is 0 Å². The molecule has 0 amide bonds. The standard InChI is InChI=1S/3C18H32O2.C6H14O3/c3*1-2-3-4-5-6-7-8-9-10-11-12-13-14-15-16-17-18(19)20;1-2-6(3-7,4-8)5-9/h3*6-7,9-10H,2-5,8,11-17H2,1H3,(H,19,20);7-9H,2-5H2,1H3/b3*7-6-,10-9-;. The Balaban J connectivity index is -0.000000421. The van der Waals surface area contributed by atoms with Crippen molar-refractivity contribution < 1.29 is 45.0 Å². The van der Waals surface area contributed by atoms with Gasteiger partial charge in [-0.15, -0.1) is 0 Å². The lowest BCUT2D eigenvalue weighted by Crippen LogP contribution is -2.32. The van der Waals surface area contributed by atoms with Gasteiger partial charge in [0, 0.05) is 24.7 Å². The van der Waals surface area contributed by atoms with Crippen molar-refractivity contribution in [3.05, 3.63) is 72.9 Å². The molecule has 69 heavy (non-hydrogen) atoms. The second-order valence-corrected chi connectivity index (χ2v) is 18.5. The predicted octanol–water partition coefficient (Wildman–Crippen LogP) is 17.0. The summed E-state index contributed by atoms with van der Waals surface area (Å²) in [5.74, 6) is -2.01. The minimum atomic E-state index is -0.671. The van der Waals surface area contributed by atoms with Crippen LogP contribution in [0.5, 0.6) is 0 Å². The van der Waals surface area contributed by atoms with E-state index in [9.17, 15) is 14.4 Å². The van der Waals surface area contributed by atoms with Crippen LogP contribution in [0.3, 0.4) is 0 Å². The Hall–Kier alpha value is -3.27. The molecule has 0 spiro atoms. The van der Waals surface area contributed by atoms with Gasteiger partial charge < -0.3 is 30.6 Å². The van der Waals surface area contributed by atoms with E-state index >= 15 is 0 Å². The third-order valence-electron chi connectivity index (χ3n) is 11.8. The number of carboxylic acids is 3. The topological polar surface area (TPSA) is 173 Å². The van der Waals surface area contributed by atoms with Gasteiger partial charge >= 0.3 is 17.9 Å². The van der Waals surface area contributed by atoms with E-state index < -0.39 is 23.3 Å². The predicted molar refractivity (Wildman–Crippen MR) is 295 cm³/mol. The minimum absolute atomic E-state index is 0.156. The smallest absolute Gasteiger partial charge is 0.303 e. The maximum absolute atomic E-state index is 10.3. The van der Waals surface area contributed by atoms with Crippen molar-refractivity contribution in [3.63, 3.8) is 0 Å². The van der Waals surface area contributed by atoms with Gasteiger partial charge in [0.1, 0.15) is 0 Å². The van der Waals surface area contributed by atoms with Crippen molar-refractivity contribution in [2.45, 2.75) is 265 Å². The summed E-state index contributed by atoms with van der Waals surface area (Å²) in [4.78, 5) is 31.0. The van der Waals surface area contributed by atoms with Gasteiger partial charge in [0.25, 0.3) is 0 Å². The van der Waals surface area contributed by atoms with Crippen LogP contribution in [0, 0.1) is 5.41 Å². The van der Waals surface area contributed by atoms with Crippen molar-refractivity contribution in [2.75, 3.05) is 19.8 Å². The molecular formula is C60H110O9. The Morgan fingerprint density at radius 1 is 0.304 bits per heavy atom. The van der Waals surface area contributed by atoms with Gasteiger partial charge in [-0.3, -0.25) is 14.4 Å². The summed E-state index contributed by atoms with van der Waals surface area (Å²) in [6.07, 6.45) is 67.4. The monoisotopic (exact) mass is 975 g/mol. The fourth-order valence-electron chi connectivity index (χ4n) is 6.75. The van der Waals surface area contributed by atoms with Crippen molar-refractivity contribution in [1.82, 2.24) is 0 Å². The number of carbonyl (C=O) groups is 3. The molecule has 0 aliphatic rings. The van der Waals surface area contributed by atoms with E-state index in [1.807, 2.05) is 6.92 Å². The summed E-state index contributed by atoms with van der Waals surface area (Å²) in [5, 5.41) is 51.5. The Morgan fingerprint density at radius 2 is 0.507 bits per heavy atom. The van der Waals surface area contributed by atoms with E-state index in [4.69, 9.17) is 30.6 Å². The molecule has 0 fully saturated rings. The molecule has 9 heteroatoms. The van der Waals surface area contributed by atoms with Crippen LogP contribution in [0.25, 0.3) is 0 Å². The van der Waals surface area contributed by atoms with E-state index in [-0.39, 0.29) is 19.8 Å². The van der Waals surface area contributed by atoms with Crippen molar-refractivity contribution in [3.8, 4) is 0 Å². The second-order valence-electron chi connectivity index (χ2n) is 18.5. The summed E-state index contributed by atoms with van der Waals surface area (Å²) in [5.41, 5.74) is -0.667. The van der Waals surface area contributed by atoms with Gasteiger partial charge in [0.15, 0.2) is 0 Å². The number of hydrogen-bond acceptors (Lipinski definition) is 6. The van der Waals surface area contributed by atoms with Crippen LogP contribution in [0.4, 0.5) is 0 Å². The highest BCUT2D eigenvalue weighted by atomic mass is 16.4. The zero-order valence-electron chi connectivity index (χ0n) is 45.1. The molecule has 0 aliphatic heterocycles. The van der Waals surface area contributed by atoms with E-state index in [1.165, 1.54) is 135 Å². The first-order valence-corrected chi connectivity index (χ1v) is 27.9. The molecule has 0 aromatic heterocycles. The van der Waals surface area contributed by atoms with Gasteiger partial charge in [-0.2, -0.15) is 0 Å². The molecule has 0 radical (unpaired) electrons. The minimum Gasteiger partial charge on any atom is -0.481 e. The van der Waals surface area contributed by atoms with E-state index in [0.29, 0.717) is 25.7 Å². The molecule has 6 N–H and O–H groups in total. The van der Waals surface area contributed by atoms with Crippen LogP contribution in [-0.4, -0.2) is 68.4 Å². The summed E-state index contributed by atoms with van der Waals surface area (Å²) in [7, 11) is 0. The van der Waals surface area contributed by atoms with Gasteiger partial charge in [-0.1, -0.05) is 197 Å². The SMILES string of the molecule is CCC(CO)(CO)CO.CCCCC/C=C\C/C=C\CCCCCCCC(=O)O.CCCCC/C=C\C/C=C\CCCCCCCC(=O)O.CCCCC/C=C\C/C=C\CCCCCCCC(=O)O. The van der Waals surface area contributed by atoms with Gasteiger partial charge in [0.05, 0.1) is 19.8 Å². The first-order chi connectivity index (χ1) is 33.6. The number of hydrogen-bond donors (Lipinski definition) is 6. The van der Waals surface area contributed by atoms with Crippen LogP contribution in [0.15, 0.2) is 72.9 Å². The molecule has 0 atom stereocenters. The number of rotatable bonds is 46. The van der Waals surface area contributed by atoms with Gasteiger partial charge in [-0.05, 0) is 122 Å². The van der Waals surface area contributed by atoms with Gasteiger partial charge in [0.2, 0.25) is 0 Å². The first-order valence-electron chi connectivity index (χ1n) is 27.9. The molecular weight excluding hydrogens is 865 g/mol. The number of allylic oxidation sites excluding steroid dienone is 12. The van der Waals surface area contributed by atoms with Crippen LogP contribution in [0.1, 0.15) is 265 Å². The van der Waals surface area contributed by atoms with Crippen LogP contribution in [0.2, 0.25) is 0 Å². The van der Waals surface area contributed by atoms with Crippen molar-refractivity contribution >= 4 is 17.9 Å². The van der Waals surface area contributed by atoms with E-state index in [0.717, 1.165) is 77.0 Å². The van der Waals surface area contributed by atoms with E-state index in [2.05, 4.69) is 93.7 Å². The normalized spacial score (nSPS) is 11.7.